The van der Waals surface area contributed by atoms with Crippen LogP contribution in [0.3, 0.4) is 0 Å². The molecule has 27 heavy (non-hydrogen) atoms. The highest BCUT2D eigenvalue weighted by Gasteiger charge is 2.18. The quantitative estimate of drug-likeness (QED) is 0.622. The Morgan fingerprint density at radius 1 is 1.07 bits per heavy atom. The first-order chi connectivity index (χ1) is 13.0. The molecule has 0 spiro atoms. The number of carbonyl (C=O) groups excluding carboxylic acids is 1. The molecule has 4 heteroatoms. The van der Waals surface area contributed by atoms with Gasteiger partial charge in [0.15, 0.2) is 6.10 Å². The Balaban J connectivity index is 1.77. The number of rotatable bonds is 10. The van der Waals surface area contributed by atoms with Crippen LogP contribution in [0.2, 0.25) is 0 Å². The van der Waals surface area contributed by atoms with Crippen LogP contribution in [0.5, 0.6) is 11.5 Å². The van der Waals surface area contributed by atoms with Crippen LogP contribution in [-0.4, -0.2) is 25.2 Å². The second-order valence-corrected chi connectivity index (χ2v) is 6.76. The van der Waals surface area contributed by atoms with Gasteiger partial charge in [-0.2, -0.15) is 0 Å². The molecular weight excluding hydrogens is 338 g/mol. The number of hydrogen-bond donors (Lipinski definition) is 1. The number of nitrogens with one attached hydrogen (secondary N) is 1. The summed E-state index contributed by atoms with van der Waals surface area (Å²) in [6, 6.07) is 14.1. The van der Waals surface area contributed by atoms with Crippen molar-refractivity contribution in [3.05, 3.63) is 59.2 Å². The third kappa shape index (κ3) is 6.63. The van der Waals surface area contributed by atoms with Crippen molar-refractivity contribution in [2.24, 2.45) is 0 Å². The smallest absolute Gasteiger partial charge is 0.261 e. The van der Waals surface area contributed by atoms with Crippen molar-refractivity contribution < 1.29 is 14.3 Å². The minimum Gasteiger partial charge on any atom is -0.494 e. The van der Waals surface area contributed by atoms with E-state index in [2.05, 4.69) is 23.5 Å². The van der Waals surface area contributed by atoms with Gasteiger partial charge in [-0.1, -0.05) is 36.8 Å². The van der Waals surface area contributed by atoms with Crippen LogP contribution in [0.25, 0.3) is 0 Å². The van der Waals surface area contributed by atoms with Crippen molar-refractivity contribution in [3.63, 3.8) is 0 Å². The Hall–Kier alpha value is -2.49. The molecular formula is C23H31NO3. The summed E-state index contributed by atoms with van der Waals surface area (Å²) >= 11 is 0. The molecule has 0 aliphatic heterocycles. The van der Waals surface area contributed by atoms with Crippen LogP contribution >= 0.6 is 0 Å². The lowest BCUT2D eigenvalue weighted by atomic mass is 10.1. The van der Waals surface area contributed by atoms with Crippen molar-refractivity contribution >= 4 is 5.91 Å². The van der Waals surface area contributed by atoms with E-state index in [-0.39, 0.29) is 5.91 Å². The summed E-state index contributed by atoms with van der Waals surface area (Å²) < 4.78 is 11.4. The fraction of sp³-hybridized carbons (Fsp3) is 0.435. The number of ether oxygens (including phenoxy) is 2. The average Bonchev–Trinajstić information content (AvgIpc) is 2.66. The van der Waals surface area contributed by atoms with E-state index in [0.29, 0.717) is 19.6 Å². The Morgan fingerprint density at radius 2 is 1.81 bits per heavy atom. The predicted octanol–water partition coefficient (Wildman–Crippen LogP) is 4.61. The maximum atomic E-state index is 12.4. The Morgan fingerprint density at radius 3 is 2.44 bits per heavy atom. The van der Waals surface area contributed by atoms with Gasteiger partial charge < -0.3 is 14.8 Å². The summed E-state index contributed by atoms with van der Waals surface area (Å²) in [7, 11) is 0. The van der Waals surface area contributed by atoms with E-state index in [9.17, 15) is 4.79 Å². The van der Waals surface area contributed by atoms with Crippen molar-refractivity contribution in [1.29, 1.82) is 0 Å². The third-order valence-electron chi connectivity index (χ3n) is 4.44. The lowest BCUT2D eigenvalue weighted by molar-refractivity contribution is -0.128. The van der Waals surface area contributed by atoms with Crippen molar-refractivity contribution in [3.8, 4) is 11.5 Å². The fourth-order valence-corrected chi connectivity index (χ4v) is 2.94. The number of benzene rings is 2. The minimum atomic E-state index is -0.461. The molecule has 2 aromatic carbocycles. The summed E-state index contributed by atoms with van der Waals surface area (Å²) in [5.74, 6) is 1.62. The first kappa shape index (κ1) is 20.8. The van der Waals surface area contributed by atoms with Gasteiger partial charge in [-0.05, 0) is 69.4 Å². The lowest BCUT2D eigenvalue weighted by Gasteiger charge is -2.19. The molecule has 0 radical (unpaired) electrons. The first-order valence-corrected chi connectivity index (χ1v) is 9.76. The lowest BCUT2D eigenvalue weighted by Crippen LogP contribution is -2.38. The summed E-state index contributed by atoms with van der Waals surface area (Å²) in [4.78, 5) is 12.4. The van der Waals surface area contributed by atoms with Crippen molar-refractivity contribution in [2.45, 2.75) is 53.1 Å². The molecule has 0 unspecified atom stereocenters. The molecule has 0 bridgehead atoms. The SMILES string of the molecule is CCOc1ccc(CCCNC(=O)[C@H](CC)Oc2ccc(C)cc2C)cc1. The van der Waals surface area contributed by atoms with Crippen LogP contribution in [0.15, 0.2) is 42.5 Å². The van der Waals surface area contributed by atoms with Gasteiger partial charge in [-0.25, -0.2) is 0 Å². The van der Waals surface area contributed by atoms with E-state index in [4.69, 9.17) is 9.47 Å². The van der Waals surface area contributed by atoms with Gasteiger partial charge in [0.25, 0.3) is 5.91 Å². The molecule has 0 heterocycles. The second-order valence-electron chi connectivity index (χ2n) is 6.76. The Bertz CT molecular complexity index is 725. The molecule has 1 atom stereocenters. The highest BCUT2D eigenvalue weighted by molar-refractivity contribution is 5.81. The standard InChI is InChI=1S/C23H31NO3/c1-5-21(27-22-14-9-17(3)16-18(22)4)23(25)24-15-7-8-19-10-12-20(13-11-19)26-6-2/h9-14,16,21H,5-8,15H2,1-4H3,(H,24,25)/t21-/m0/s1. The van der Waals surface area contributed by atoms with Gasteiger partial charge in [0, 0.05) is 6.54 Å². The summed E-state index contributed by atoms with van der Waals surface area (Å²) in [6.07, 6.45) is 1.98. The number of amides is 1. The van der Waals surface area contributed by atoms with Crippen LogP contribution in [-0.2, 0) is 11.2 Å². The van der Waals surface area contributed by atoms with Gasteiger partial charge >= 0.3 is 0 Å². The molecule has 0 saturated carbocycles. The van der Waals surface area contributed by atoms with E-state index < -0.39 is 6.10 Å². The monoisotopic (exact) mass is 369 g/mol. The third-order valence-corrected chi connectivity index (χ3v) is 4.44. The van der Waals surface area contributed by atoms with Gasteiger partial charge in [0.2, 0.25) is 0 Å². The maximum Gasteiger partial charge on any atom is 0.261 e. The summed E-state index contributed by atoms with van der Waals surface area (Å²) in [5, 5.41) is 3.00. The molecule has 146 valence electrons. The molecule has 0 fully saturated rings. The molecule has 1 amide bonds. The maximum absolute atomic E-state index is 12.4. The number of aryl methyl sites for hydroxylation is 3. The molecule has 0 aliphatic rings. The van der Waals surface area contributed by atoms with Gasteiger partial charge in [0.1, 0.15) is 11.5 Å². The van der Waals surface area contributed by atoms with E-state index in [1.165, 1.54) is 11.1 Å². The van der Waals surface area contributed by atoms with Gasteiger partial charge in [-0.3, -0.25) is 4.79 Å². The molecule has 2 aromatic rings. The predicted molar refractivity (Wildman–Crippen MR) is 110 cm³/mol. The average molecular weight is 370 g/mol. The van der Waals surface area contributed by atoms with Gasteiger partial charge in [-0.15, -0.1) is 0 Å². The zero-order valence-corrected chi connectivity index (χ0v) is 16.9. The molecule has 0 aliphatic carbocycles. The van der Waals surface area contributed by atoms with Crippen molar-refractivity contribution in [1.82, 2.24) is 5.32 Å². The highest BCUT2D eigenvalue weighted by atomic mass is 16.5. The molecule has 4 nitrogen and oxygen atoms in total. The van der Waals surface area contributed by atoms with E-state index in [1.807, 2.05) is 52.0 Å². The van der Waals surface area contributed by atoms with Crippen LogP contribution in [0.4, 0.5) is 0 Å². The van der Waals surface area contributed by atoms with Crippen molar-refractivity contribution in [2.75, 3.05) is 13.2 Å². The Labute approximate surface area is 162 Å². The van der Waals surface area contributed by atoms with Gasteiger partial charge in [0.05, 0.1) is 6.61 Å². The molecule has 2 rings (SSSR count). The zero-order chi connectivity index (χ0) is 19.6. The molecule has 0 aromatic heterocycles. The fourth-order valence-electron chi connectivity index (χ4n) is 2.94. The largest absolute Gasteiger partial charge is 0.494 e. The zero-order valence-electron chi connectivity index (χ0n) is 16.9. The summed E-state index contributed by atoms with van der Waals surface area (Å²) in [5.41, 5.74) is 3.48. The number of hydrogen-bond acceptors (Lipinski definition) is 3. The van der Waals surface area contributed by atoms with Crippen LogP contribution in [0.1, 0.15) is 43.4 Å². The topological polar surface area (TPSA) is 47.6 Å². The van der Waals surface area contributed by atoms with Crippen LogP contribution < -0.4 is 14.8 Å². The van der Waals surface area contributed by atoms with E-state index >= 15 is 0 Å². The first-order valence-electron chi connectivity index (χ1n) is 9.76. The summed E-state index contributed by atoms with van der Waals surface area (Å²) in [6.45, 7) is 9.31. The highest BCUT2D eigenvalue weighted by Crippen LogP contribution is 2.21. The second kappa shape index (κ2) is 10.6. The van der Waals surface area contributed by atoms with Crippen LogP contribution in [0, 0.1) is 13.8 Å². The molecule has 0 saturated heterocycles. The number of carbonyl (C=O) groups is 1. The van der Waals surface area contributed by atoms with E-state index in [0.717, 1.165) is 29.9 Å². The normalized spacial score (nSPS) is 11.7. The Kier molecular flexibility index (Phi) is 8.18. The molecule has 1 N–H and O–H groups in total. The minimum absolute atomic E-state index is 0.0517. The van der Waals surface area contributed by atoms with E-state index in [1.54, 1.807) is 0 Å².